The third-order valence-electron chi connectivity index (χ3n) is 2.26. The molecule has 0 unspecified atom stereocenters. The van der Waals surface area contributed by atoms with Crippen LogP contribution in [0.1, 0.15) is 0 Å². The number of hydrogen-bond acceptors (Lipinski definition) is 1. The number of rotatable bonds is 2. The van der Waals surface area contributed by atoms with Gasteiger partial charge in [-0.3, -0.25) is 0 Å². The minimum absolute atomic E-state index is 0.0981. The molecule has 2 rings (SSSR count). The van der Waals surface area contributed by atoms with Crippen LogP contribution in [-0.2, 0) is 0 Å². The topological polar surface area (TPSA) is 24.1 Å². The van der Waals surface area contributed by atoms with Crippen LogP contribution in [0.5, 0.6) is 0 Å². The number of halogens is 3. The Balaban J connectivity index is 2.05. The van der Waals surface area contributed by atoms with Crippen molar-refractivity contribution < 1.29 is 8.78 Å². The van der Waals surface area contributed by atoms with Crippen LogP contribution in [0.15, 0.2) is 42.5 Å². The van der Waals surface area contributed by atoms with Gasteiger partial charge in [-0.25, -0.2) is 8.78 Å². The summed E-state index contributed by atoms with van der Waals surface area (Å²) in [6.07, 6.45) is 0. The Morgan fingerprint density at radius 3 is 2.53 bits per heavy atom. The predicted octanol–water partition coefficient (Wildman–Crippen LogP) is 4.43. The number of hydrogen-bond donors (Lipinski definition) is 2. The van der Waals surface area contributed by atoms with Gasteiger partial charge in [-0.15, -0.1) is 0 Å². The van der Waals surface area contributed by atoms with Crippen LogP contribution >= 0.6 is 23.8 Å². The van der Waals surface area contributed by atoms with Gasteiger partial charge >= 0.3 is 0 Å². The first kappa shape index (κ1) is 13.7. The van der Waals surface area contributed by atoms with E-state index in [1.165, 1.54) is 6.07 Å². The molecule has 0 bridgehead atoms. The Hall–Kier alpha value is -1.72. The summed E-state index contributed by atoms with van der Waals surface area (Å²) in [5.74, 6) is -1.35. The SMILES string of the molecule is Fc1ccc(NC(=S)Nc2cccc(Cl)c2)c(F)c1. The summed E-state index contributed by atoms with van der Waals surface area (Å²) in [7, 11) is 0. The molecule has 0 radical (unpaired) electrons. The molecule has 2 nitrogen and oxygen atoms in total. The summed E-state index contributed by atoms with van der Waals surface area (Å²) in [5, 5.41) is 6.23. The van der Waals surface area contributed by atoms with E-state index in [9.17, 15) is 8.78 Å². The molecule has 98 valence electrons. The minimum Gasteiger partial charge on any atom is -0.332 e. The van der Waals surface area contributed by atoms with Crippen molar-refractivity contribution in [2.24, 2.45) is 0 Å². The zero-order chi connectivity index (χ0) is 13.8. The van der Waals surface area contributed by atoms with Crippen molar-refractivity contribution in [2.75, 3.05) is 10.6 Å². The largest absolute Gasteiger partial charge is 0.332 e. The first-order valence-corrected chi connectivity index (χ1v) is 6.12. The van der Waals surface area contributed by atoms with Gasteiger partial charge in [0.05, 0.1) is 5.69 Å². The van der Waals surface area contributed by atoms with E-state index in [1.807, 2.05) is 0 Å². The maximum atomic E-state index is 13.4. The second-order valence-electron chi connectivity index (χ2n) is 3.71. The van der Waals surface area contributed by atoms with Gasteiger partial charge in [0, 0.05) is 16.8 Å². The molecule has 2 aromatic carbocycles. The normalized spacial score (nSPS) is 10.1. The molecule has 0 amide bonds. The van der Waals surface area contributed by atoms with Crippen LogP contribution in [0.4, 0.5) is 20.2 Å². The Bertz CT molecular complexity index is 619. The van der Waals surface area contributed by atoms with Gasteiger partial charge in [-0.2, -0.15) is 0 Å². The first-order valence-electron chi connectivity index (χ1n) is 5.33. The number of nitrogens with one attached hydrogen (secondary N) is 2. The van der Waals surface area contributed by atoms with E-state index in [2.05, 4.69) is 10.6 Å². The third kappa shape index (κ3) is 3.87. The van der Waals surface area contributed by atoms with E-state index in [4.69, 9.17) is 23.8 Å². The highest BCUT2D eigenvalue weighted by Gasteiger charge is 2.05. The molecule has 6 heteroatoms. The molecular weight excluding hydrogens is 290 g/mol. The van der Waals surface area contributed by atoms with Gasteiger partial charge in [0.2, 0.25) is 0 Å². The molecule has 0 spiro atoms. The van der Waals surface area contributed by atoms with E-state index in [1.54, 1.807) is 24.3 Å². The molecule has 2 N–H and O–H groups in total. The summed E-state index contributed by atoms with van der Waals surface area (Å²) >= 11 is 10.9. The lowest BCUT2D eigenvalue weighted by Gasteiger charge is -2.11. The van der Waals surface area contributed by atoms with E-state index >= 15 is 0 Å². The number of thiocarbonyl (C=S) groups is 1. The second-order valence-corrected chi connectivity index (χ2v) is 4.56. The standard InChI is InChI=1S/C13H9ClF2N2S/c14-8-2-1-3-10(6-8)17-13(19)18-12-5-4-9(15)7-11(12)16/h1-7H,(H2,17,18,19). The third-order valence-corrected chi connectivity index (χ3v) is 2.70. The monoisotopic (exact) mass is 298 g/mol. The summed E-state index contributed by atoms with van der Waals surface area (Å²) < 4.78 is 26.1. The molecule has 0 aliphatic rings. The first-order chi connectivity index (χ1) is 9.04. The van der Waals surface area contributed by atoms with Crippen molar-refractivity contribution in [3.8, 4) is 0 Å². The second kappa shape index (κ2) is 5.95. The Morgan fingerprint density at radius 2 is 1.84 bits per heavy atom. The summed E-state index contributed by atoms with van der Waals surface area (Å²) in [4.78, 5) is 0. The van der Waals surface area contributed by atoms with Crippen LogP contribution in [-0.4, -0.2) is 5.11 Å². The maximum Gasteiger partial charge on any atom is 0.175 e. The van der Waals surface area contributed by atoms with Gasteiger partial charge in [-0.1, -0.05) is 17.7 Å². The van der Waals surface area contributed by atoms with Crippen molar-refractivity contribution in [3.63, 3.8) is 0 Å². The molecular formula is C13H9ClF2N2S. The molecule has 2 aromatic rings. The molecule has 0 fully saturated rings. The number of benzene rings is 2. The summed E-state index contributed by atoms with van der Waals surface area (Å²) in [6.45, 7) is 0. The smallest absolute Gasteiger partial charge is 0.175 e. The van der Waals surface area contributed by atoms with Crippen molar-refractivity contribution in [1.29, 1.82) is 0 Å². The van der Waals surface area contributed by atoms with Gasteiger partial charge < -0.3 is 10.6 Å². The van der Waals surface area contributed by atoms with Crippen LogP contribution in [0, 0.1) is 11.6 Å². The van der Waals surface area contributed by atoms with Gasteiger partial charge in [-0.05, 0) is 42.5 Å². The molecule has 0 aromatic heterocycles. The Labute approximate surface area is 119 Å². The van der Waals surface area contributed by atoms with E-state index in [0.29, 0.717) is 10.7 Å². The average Bonchev–Trinajstić information content (AvgIpc) is 2.33. The fourth-order valence-electron chi connectivity index (χ4n) is 1.44. The fourth-order valence-corrected chi connectivity index (χ4v) is 1.86. The van der Waals surface area contributed by atoms with Crippen LogP contribution < -0.4 is 10.6 Å². The van der Waals surface area contributed by atoms with Gasteiger partial charge in [0.25, 0.3) is 0 Å². The molecule has 0 aliphatic heterocycles. The van der Waals surface area contributed by atoms with E-state index < -0.39 is 11.6 Å². The van der Waals surface area contributed by atoms with E-state index in [0.717, 1.165) is 12.1 Å². The molecule has 19 heavy (non-hydrogen) atoms. The van der Waals surface area contributed by atoms with Gasteiger partial charge in [0.15, 0.2) is 5.11 Å². The zero-order valence-corrected chi connectivity index (χ0v) is 11.2. The van der Waals surface area contributed by atoms with Crippen LogP contribution in [0.25, 0.3) is 0 Å². The van der Waals surface area contributed by atoms with Crippen molar-refractivity contribution in [2.45, 2.75) is 0 Å². The lowest BCUT2D eigenvalue weighted by molar-refractivity contribution is 0.586. The van der Waals surface area contributed by atoms with Crippen molar-refractivity contribution in [1.82, 2.24) is 0 Å². The van der Waals surface area contributed by atoms with E-state index in [-0.39, 0.29) is 10.8 Å². The van der Waals surface area contributed by atoms with Crippen molar-refractivity contribution >= 4 is 40.3 Å². The predicted molar refractivity (Wildman–Crippen MR) is 77.7 cm³/mol. The molecule has 0 saturated heterocycles. The summed E-state index contributed by atoms with van der Waals surface area (Å²) in [6, 6.07) is 10.1. The lowest BCUT2D eigenvalue weighted by atomic mass is 10.3. The molecule has 0 atom stereocenters. The van der Waals surface area contributed by atoms with Crippen molar-refractivity contribution in [3.05, 3.63) is 59.1 Å². The molecule has 0 aliphatic carbocycles. The number of anilines is 2. The zero-order valence-electron chi connectivity index (χ0n) is 9.58. The van der Waals surface area contributed by atoms with Gasteiger partial charge in [0.1, 0.15) is 11.6 Å². The van der Waals surface area contributed by atoms with Crippen LogP contribution in [0.3, 0.4) is 0 Å². The Kier molecular flexibility index (Phi) is 4.29. The highest BCUT2D eigenvalue weighted by atomic mass is 35.5. The van der Waals surface area contributed by atoms with Crippen LogP contribution in [0.2, 0.25) is 5.02 Å². The highest BCUT2D eigenvalue weighted by molar-refractivity contribution is 7.80. The molecule has 0 heterocycles. The average molecular weight is 299 g/mol. The lowest BCUT2D eigenvalue weighted by Crippen LogP contribution is -2.19. The summed E-state index contributed by atoms with van der Waals surface area (Å²) in [5.41, 5.74) is 0.772. The fraction of sp³-hybridized carbons (Fsp3) is 0. The minimum atomic E-state index is -0.713. The highest BCUT2D eigenvalue weighted by Crippen LogP contribution is 2.17. The Morgan fingerprint density at radius 1 is 1.05 bits per heavy atom. The quantitative estimate of drug-likeness (QED) is 0.802. The molecule has 0 saturated carbocycles. The maximum absolute atomic E-state index is 13.4.